The molecule has 0 N–H and O–H groups in total. The van der Waals surface area contributed by atoms with Gasteiger partial charge in [0.15, 0.2) is 5.52 Å². The van der Waals surface area contributed by atoms with E-state index in [1.54, 1.807) is 13.0 Å². The van der Waals surface area contributed by atoms with Gasteiger partial charge in [0, 0.05) is 24.4 Å². The summed E-state index contributed by atoms with van der Waals surface area (Å²) in [5.41, 5.74) is -5.70. The molecule has 1 atom stereocenters. The number of ether oxygens (including phenoxy) is 1. The Morgan fingerprint density at radius 1 is 0.900 bits per heavy atom. The zero-order valence-electron chi connectivity index (χ0n) is 17.0. The first-order valence-corrected chi connectivity index (χ1v) is 9.48. The Labute approximate surface area is 184 Å². The van der Waals surface area contributed by atoms with Crippen molar-refractivity contribution < 1.29 is 35.9 Å². The monoisotopic (exact) mass is 443 g/mol. The number of halogens is 6. The number of carbonyl (C=O) groups excluding carboxylic acids is 1. The van der Waals surface area contributed by atoms with Crippen molar-refractivity contribution >= 4 is 38.3 Å². The van der Waals surface area contributed by atoms with Gasteiger partial charge in [-0.05, 0) is 71.4 Å². The van der Waals surface area contributed by atoms with Gasteiger partial charge in [0.25, 0.3) is 0 Å². The van der Waals surface area contributed by atoms with E-state index in [-0.39, 0.29) is 18.9 Å². The molecule has 1 radical (unpaired) electrons. The van der Waals surface area contributed by atoms with Crippen LogP contribution in [-0.2, 0) is 12.4 Å². The second-order valence-corrected chi connectivity index (χ2v) is 8.61. The third-order valence-corrected chi connectivity index (χ3v) is 5.08. The van der Waals surface area contributed by atoms with E-state index in [0.29, 0.717) is 34.8 Å². The number of alkyl halides is 6. The molecule has 0 spiro atoms. The largest absolute Gasteiger partial charge is 0.488 e. The first-order chi connectivity index (χ1) is 13.1. The van der Waals surface area contributed by atoms with Gasteiger partial charge in [-0.15, -0.1) is 0 Å². The zero-order valence-corrected chi connectivity index (χ0v) is 18.0. The van der Waals surface area contributed by atoms with Gasteiger partial charge in [0.05, 0.1) is 11.1 Å². The molecule has 2 aromatic carbocycles. The normalized spacial score (nSPS) is 12.7. The van der Waals surface area contributed by atoms with Crippen LogP contribution in [0, 0.1) is 6.92 Å². The standard InChI is InChI=1S/C20H19F6O2P.Li/c1-11-10-12(28-18(2,3)4)8-9-15(11)29-17(27)16-13(19(21,22)23)6-5-7-14(16)20(24,25)26;/h5-10,29H,1-4H3;. The number of aryl methyl sites for hydroxylation is 1. The molecule has 0 bridgehead atoms. The summed E-state index contributed by atoms with van der Waals surface area (Å²) >= 11 is 0. The number of carbonyl (C=O) groups is 1. The van der Waals surface area contributed by atoms with Crippen LogP contribution in [0.15, 0.2) is 36.4 Å². The maximum absolute atomic E-state index is 13.3. The molecule has 1 unspecified atom stereocenters. The minimum absolute atomic E-state index is 0. The van der Waals surface area contributed by atoms with Crippen molar-refractivity contribution in [3.63, 3.8) is 0 Å². The maximum atomic E-state index is 13.3. The van der Waals surface area contributed by atoms with Crippen LogP contribution in [0.25, 0.3) is 0 Å². The molecule has 159 valence electrons. The summed E-state index contributed by atoms with van der Waals surface area (Å²) in [6.07, 6.45) is -10.2. The first-order valence-electron chi connectivity index (χ1n) is 8.48. The van der Waals surface area contributed by atoms with Crippen LogP contribution in [-0.4, -0.2) is 30.0 Å². The summed E-state index contributed by atoms with van der Waals surface area (Å²) in [5.74, 6) is 0.489. The molecule has 2 aromatic rings. The third-order valence-electron chi connectivity index (χ3n) is 3.77. The molecule has 0 heterocycles. The maximum Gasteiger partial charge on any atom is 0.417 e. The molecule has 0 amide bonds. The average Bonchev–Trinajstić information content (AvgIpc) is 2.53. The summed E-state index contributed by atoms with van der Waals surface area (Å²) in [7, 11) is -0.905. The van der Waals surface area contributed by atoms with E-state index in [1.807, 2.05) is 20.8 Å². The summed E-state index contributed by atoms with van der Waals surface area (Å²) in [6, 6.07) is 6.24. The van der Waals surface area contributed by atoms with E-state index in [9.17, 15) is 31.1 Å². The zero-order chi connectivity index (χ0) is 22.2. The minimum atomic E-state index is -5.09. The van der Waals surface area contributed by atoms with E-state index >= 15 is 0 Å². The smallest absolute Gasteiger partial charge is 0.417 e. The molecule has 2 rings (SSSR count). The average molecular weight is 443 g/mol. The third kappa shape index (κ3) is 6.77. The van der Waals surface area contributed by atoms with Gasteiger partial charge in [-0.2, -0.15) is 26.3 Å². The topological polar surface area (TPSA) is 26.3 Å². The Morgan fingerprint density at radius 3 is 1.80 bits per heavy atom. The van der Waals surface area contributed by atoms with Crippen LogP contribution in [0.4, 0.5) is 26.3 Å². The molecule has 30 heavy (non-hydrogen) atoms. The van der Waals surface area contributed by atoms with Crippen LogP contribution in [0.1, 0.15) is 47.8 Å². The summed E-state index contributed by atoms with van der Waals surface area (Å²) < 4.78 is 85.3. The van der Waals surface area contributed by atoms with Crippen molar-refractivity contribution in [3.05, 3.63) is 58.7 Å². The van der Waals surface area contributed by atoms with Gasteiger partial charge < -0.3 is 4.74 Å². The molecule has 0 aliphatic carbocycles. The first kappa shape index (κ1) is 26.6. The fraction of sp³-hybridized carbons (Fsp3) is 0.350. The van der Waals surface area contributed by atoms with E-state index in [0.717, 1.165) is 0 Å². The van der Waals surface area contributed by atoms with Gasteiger partial charge in [-0.3, -0.25) is 4.79 Å². The molecular weight excluding hydrogens is 424 g/mol. The van der Waals surface area contributed by atoms with Crippen molar-refractivity contribution in [1.82, 2.24) is 0 Å². The summed E-state index contributed by atoms with van der Waals surface area (Å²) in [6.45, 7) is 7.10. The molecule has 0 aromatic heterocycles. The van der Waals surface area contributed by atoms with Gasteiger partial charge in [0.2, 0.25) is 0 Å². The van der Waals surface area contributed by atoms with Crippen molar-refractivity contribution in [2.24, 2.45) is 0 Å². The van der Waals surface area contributed by atoms with E-state index in [4.69, 9.17) is 4.74 Å². The van der Waals surface area contributed by atoms with Gasteiger partial charge in [-0.25, -0.2) is 0 Å². The van der Waals surface area contributed by atoms with Gasteiger partial charge in [0.1, 0.15) is 11.4 Å². The molecule has 0 fully saturated rings. The quantitative estimate of drug-likeness (QED) is 0.331. The van der Waals surface area contributed by atoms with Crippen molar-refractivity contribution in [2.75, 3.05) is 0 Å². The number of hydrogen-bond donors (Lipinski definition) is 0. The summed E-state index contributed by atoms with van der Waals surface area (Å²) in [4.78, 5) is 12.6. The minimum Gasteiger partial charge on any atom is -0.488 e. The van der Waals surface area contributed by atoms with Crippen LogP contribution >= 0.6 is 8.58 Å². The van der Waals surface area contributed by atoms with E-state index in [1.165, 1.54) is 12.1 Å². The Kier molecular flexibility index (Phi) is 8.27. The molecular formula is C20H19F6LiO2P. The Hall–Kier alpha value is -1.48. The molecule has 0 aliphatic heterocycles. The SMILES string of the molecule is Cc1cc(OC(C)(C)C)ccc1PC(=O)c1c(C(F)(F)F)cccc1C(F)(F)F.[Li]. The van der Waals surface area contributed by atoms with Crippen molar-refractivity contribution in [2.45, 2.75) is 45.6 Å². The molecule has 0 saturated carbocycles. The predicted molar refractivity (Wildman–Crippen MR) is 106 cm³/mol. The second kappa shape index (κ2) is 9.34. The van der Waals surface area contributed by atoms with E-state index < -0.39 is 48.7 Å². The Morgan fingerprint density at radius 2 is 1.40 bits per heavy atom. The Bertz CT molecular complexity index is 885. The fourth-order valence-electron chi connectivity index (χ4n) is 2.65. The molecule has 0 aliphatic rings. The van der Waals surface area contributed by atoms with Crippen LogP contribution in [0.5, 0.6) is 5.75 Å². The molecule has 10 heteroatoms. The van der Waals surface area contributed by atoms with E-state index in [2.05, 4.69) is 0 Å². The Balaban J connectivity index is 0.00000450. The molecule has 0 saturated heterocycles. The second-order valence-electron chi connectivity index (χ2n) is 7.37. The predicted octanol–water partition coefficient (Wildman–Crippen LogP) is 5.97. The van der Waals surface area contributed by atoms with Gasteiger partial charge in [-0.1, -0.05) is 12.1 Å². The number of hydrogen-bond acceptors (Lipinski definition) is 2. The van der Waals surface area contributed by atoms with Crippen molar-refractivity contribution in [1.29, 1.82) is 0 Å². The summed E-state index contributed by atoms with van der Waals surface area (Å²) in [5, 5.41) is 0.348. The van der Waals surface area contributed by atoms with Crippen LogP contribution < -0.4 is 10.0 Å². The van der Waals surface area contributed by atoms with Crippen LogP contribution in [0.3, 0.4) is 0 Å². The van der Waals surface area contributed by atoms with Crippen molar-refractivity contribution in [3.8, 4) is 5.75 Å². The number of rotatable bonds is 4. The van der Waals surface area contributed by atoms with Crippen LogP contribution in [0.2, 0.25) is 0 Å². The molecule has 2 nitrogen and oxygen atoms in total. The fourth-order valence-corrected chi connectivity index (χ4v) is 3.72. The number of benzene rings is 2. The van der Waals surface area contributed by atoms with Gasteiger partial charge >= 0.3 is 12.4 Å².